The summed E-state index contributed by atoms with van der Waals surface area (Å²) in [4.78, 5) is 0. The summed E-state index contributed by atoms with van der Waals surface area (Å²) in [5, 5.41) is 0. The van der Waals surface area contributed by atoms with Crippen LogP contribution in [-0.4, -0.2) is 6.04 Å². The van der Waals surface area contributed by atoms with E-state index in [1.807, 2.05) is 6.92 Å². The topological polar surface area (TPSA) is 26.0 Å². The summed E-state index contributed by atoms with van der Waals surface area (Å²) < 4.78 is 0. The Bertz CT molecular complexity index is 181. The van der Waals surface area contributed by atoms with Gasteiger partial charge in [-0.05, 0) is 31.1 Å². The van der Waals surface area contributed by atoms with Gasteiger partial charge in [-0.15, -0.1) is 6.58 Å². The van der Waals surface area contributed by atoms with Crippen LogP contribution >= 0.6 is 0 Å². The second kappa shape index (κ2) is 3.90. The summed E-state index contributed by atoms with van der Waals surface area (Å²) in [6, 6.07) is 0.184. The normalized spacial score (nSPS) is 37.8. The van der Waals surface area contributed by atoms with Crippen molar-refractivity contribution in [2.24, 2.45) is 23.5 Å². The summed E-state index contributed by atoms with van der Waals surface area (Å²) in [5.41, 5.74) is 5.64. The second-order valence-corrected chi connectivity index (χ2v) is 3.93. The molecule has 0 aliphatic heterocycles. The van der Waals surface area contributed by atoms with Gasteiger partial charge in [0.15, 0.2) is 0 Å². The molecule has 1 rings (SSSR count). The van der Waals surface area contributed by atoms with E-state index in [0.29, 0.717) is 11.8 Å². The molecule has 0 aromatic carbocycles. The lowest BCUT2D eigenvalue weighted by molar-refractivity contribution is 0.174. The standard InChI is InChI=1S/C11H19N/c1-4-10-7-8(2)11(10)6-5-9(3)12/h4-6,8-11H,1,7,12H2,2-3H3/b6-5-/t8?,9-,10-,11?/m1/s1. The van der Waals surface area contributed by atoms with Gasteiger partial charge in [0.2, 0.25) is 0 Å². The van der Waals surface area contributed by atoms with Gasteiger partial charge < -0.3 is 5.73 Å². The fourth-order valence-electron chi connectivity index (χ4n) is 1.86. The van der Waals surface area contributed by atoms with E-state index in [9.17, 15) is 0 Å². The van der Waals surface area contributed by atoms with Crippen LogP contribution in [-0.2, 0) is 0 Å². The number of hydrogen-bond donors (Lipinski definition) is 1. The molecule has 0 heterocycles. The van der Waals surface area contributed by atoms with E-state index in [1.54, 1.807) is 0 Å². The molecule has 1 saturated carbocycles. The summed E-state index contributed by atoms with van der Waals surface area (Å²) in [5.74, 6) is 2.19. The lowest BCUT2D eigenvalue weighted by atomic mass is 9.65. The fourth-order valence-corrected chi connectivity index (χ4v) is 1.86. The first-order valence-electron chi connectivity index (χ1n) is 4.71. The summed E-state index contributed by atoms with van der Waals surface area (Å²) in [6.45, 7) is 8.12. The number of allylic oxidation sites excluding steroid dienone is 2. The summed E-state index contributed by atoms with van der Waals surface area (Å²) in [6.07, 6.45) is 7.70. The van der Waals surface area contributed by atoms with Gasteiger partial charge in [-0.3, -0.25) is 0 Å². The first-order chi connectivity index (χ1) is 5.65. The molecule has 12 heavy (non-hydrogen) atoms. The second-order valence-electron chi connectivity index (χ2n) is 3.93. The number of hydrogen-bond acceptors (Lipinski definition) is 1. The lowest BCUT2D eigenvalue weighted by Gasteiger charge is -2.39. The van der Waals surface area contributed by atoms with E-state index >= 15 is 0 Å². The Morgan fingerprint density at radius 1 is 1.58 bits per heavy atom. The van der Waals surface area contributed by atoms with Gasteiger partial charge >= 0.3 is 0 Å². The van der Waals surface area contributed by atoms with Crippen LogP contribution in [0.1, 0.15) is 20.3 Å². The Hall–Kier alpha value is -0.560. The smallest absolute Gasteiger partial charge is 0.0194 e. The predicted molar refractivity (Wildman–Crippen MR) is 53.7 cm³/mol. The van der Waals surface area contributed by atoms with E-state index in [-0.39, 0.29) is 6.04 Å². The minimum absolute atomic E-state index is 0.184. The van der Waals surface area contributed by atoms with Crippen LogP contribution in [0.5, 0.6) is 0 Å². The van der Waals surface area contributed by atoms with E-state index in [0.717, 1.165) is 5.92 Å². The molecule has 1 fully saturated rings. The molecule has 1 aliphatic carbocycles. The minimum Gasteiger partial charge on any atom is -0.325 e. The van der Waals surface area contributed by atoms with Crippen molar-refractivity contribution in [3.05, 3.63) is 24.8 Å². The number of nitrogens with two attached hydrogens (primary N) is 1. The third-order valence-electron chi connectivity index (χ3n) is 2.74. The molecule has 0 aromatic heterocycles. The van der Waals surface area contributed by atoms with E-state index in [4.69, 9.17) is 5.73 Å². The largest absolute Gasteiger partial charge is 0.325 e. The van der Waals surface area contributed by atoms with Crippen LogP contribution in [0.25, 0.3) is 0 Å². The van der Waals surface area contributed by atoms with E-state index in [1.165, 1.54) is 6.42 Å². The van der Waals surface area contributed by atoms with Gasteiger partial charge in [-0.2, -0.15) is 0 Å². The van der Waals surface area contributed by atoms with E-state index < -0.39 is 0 Å². The molecule has 0 spiro atoms. The monoisotopic (exact) mass is 165 g/mol. The summed E-state index contributed by atoms with van der Waals surface area (Å²) >= 11 is 0. The van der Waals surface area contributed by atoms with Crippen LogP contribution in [0, 0.1) is 17.8 Å². The Balaban J connectivity index is 2.44. The maximum atomic E-state index is 5.64. The zero-order chi connectivity index (χ0) is 9.14. The molecule has 2 N–H and O–H groups in total. The molecule has 1 heteroatoms. The van der Waals surface area contributed by atoms with Gasteiger partial charge in [-0.25, -0.2) is 0 Å². The first kappa shape index (κ1) is 9.53. The van der Waals surface area contributed by atoms with Crippen molar-refractivity contribution in [2.45, 2.75) is 26.3 Å². The van der Waals surface area contributed by atoms with Crippen molar-refractivity contribution < 1.29 is 0 Å². The highest BCUT2D eigenvalue weighted by molar-refractivity contribution is 5.07. The highest BCUT2D eigenvalue weighted by Crippen LogP contribution is 2.41. The molecular weight excluding hydrogens is 146 g/mol. The van der Waals surface area contributed by atoms with Crippen LogP contribution in [0.3, 0.4) is 0 Å². The Labute approximate surface area is 75.3 Å². The van der Waals surface area contributed by atoms with Crippen molar-refractivity contribution in [1.82, 2.24) is 0 Å². The number of rotatable bonds is 3. The maximum absolute atomic E-state index is 5.64. The molecule has 0 saturated heterocycles. The molecule has 0 amide bonds. The maximum Gasteiger partial charge on any atom is 0.0194 e. The molecule has 4 atom stereocenters. The van der Waals surface area contributed by atoms with Gasteiger partial charge in [0.1, 0.15) is 0 Å². The van der Waals surface area contributed by atoms with Crippen molar-refractivity contribution in [3.8, 4) is 0 Å². The molecule has 0 bridgehead atoms. The average molecular weight is 165 g/mol. The average Bonchev–Trinajstić information content (AvgIpc) is 1.99. The van der Waals surface area contributed by atoms with Crippen molar-refractivity contribution in [2.75, 3.05) is 0 Å². The van der Waals surface area contributed by atoms with Gasteiger partial charge in [0.05, 0.1) is 0 Å². The van der Waals surface area contributed by atoms with Crippen LogP contribution in [0.2, 0.25) is 0 Å². The molecular formula is C11H19N. The first-order valence-corrected chi connectivity index (χ1v) is 4.71. The minimum atomic E-state index is 0.184. The van der Waals surface area contributed by atoms with Crippen molar-refractivity contribution in [1.29, 1.82) is 0 Å². The molecule has 1 aliphatic rings. The fraction of sp³-hybridized carbons (Fsp3) is 0.636. The zero-order valence-electron chi connectivity index (χ0n) is 8.03. The highest BCUT2D eigenvalue weighted by atomic mass is 14.6. The van der Waals surface area contributed by atoms with Gasteiger partial charge in [0.25, 0.3) is 0 Å². The molecule has 2 unspecified atom stereocenters. The molecule has 0 aromatic rings. The SMILES string of the molecule is C=C[C@@H]1CC(C)C1/C=C\[C@@H](C)N. The lowest BCUT2D eigenvalue weighted by Crippen LogP contribution is -2.32. The van der Waals surface area contributed by atoms with Crippen molar-refractivity contribution >= 4 is 0 Å². The van der Waals surface area contributed by atoms with Gasteiger partial charge in [-0.1, -0.05) is 25.2 Å². The quantitative estimate of drug-likeness (QED) is 0.638. The van der Waals surface area contributed by atoms with Crippen LogP contribution in [0.4, 0.5) is 0 Å². The molecule has 68 valence electrons. The molecule has 0 radical (unpaired) electrons. The van der Waals surface area contributed by atoms with Crippen molar-refractivity contribution in [3.63, 3.8) is 0 Å². The summed E-state index contributed by atoms with van der Waals surface area (Å²) in [7, 11) is 0. The Morgan fingerprint density at radius 3 is 2.67 bits per heavy atom. The Morgan fingerprint density at radius 2 is 2.25 bits per heavy atom. The van der Waals surface area contributed by atoms with Gasteiger partial charge in [0, 0.05) is 6.04 Å². The third kappa shape index (κ3) is 1.98. The zero-order valence-corrected chi connectivity index (χ0v) is 8.03. The Kier molecular flexibility index (Phi) is 3.10. The predicted octanol–water partition coefficient (Wildman–Crippen LogP) is 2.35. The third-order valence-corrected chi connectivity index (χ3v) is 2.74. The van der Waals surface area contributed by atoms with Crippen LogP contribution in [0.15, 0.2) is 24.8 Å². The van der Waals surface area contributed by atoms with E-state index in [2.05, 4.69) is 31.7 Å². The van der Waals surface area contributed by atoms with Crippen LogP contribution < -0.4 is 5.73 Å². The highest BCUT2D eigenvalue weighted by Gasteiger charge is 2.33. The molecule has 1 nitrogen and oxygen atoms in total.